The first-order valence-corrected chi connectivity index (χ1v) is 7.78. The first kappa shape index (κ1) is 14.5. The fraction of sp³-hybridized carbons (Fsp3) is 0.357. The molecule has 1 unspecified atom stereocenters. The average molecular weight is 342 g/mol. The number of thiazole rings is 1. The maximum absolute atomic E-state index is 9.91. The summed E-state index contributed by atoms with van der Waals surface area (Å²) in [6, 6.07) is 7.68. The Balaban J connectivity index is 1.71. The van der Waals surface area contributed by atoms with Crippen LogP contribution in [-0.4, -0.2) is 22.8 Å². The predicted molar refractivity (Wildman–Crippen MR) is 80.8 cm³/mol. The molecule has 3 nitrogen and oxygen atoms in total. The number of aromatic nitrogens is 1. The van der Waals surface area contributed by atoms with Gasteiger partial charge in [0.1, 0.15) is 5.75 Å². The van der Waals surface area contributed by atoms with Crippen molar-refractivity contribution in [2.75, 3.05) is 6.61 Å². The second-order valence-electron chi connectivity index (χ2n) is 4.33. The number of aliphatic hydroxyl groups is 1. The van der Waals surface area contributed by atoms with Gasteiger partial charge in [-0.05, 0) is 31.2 Å². The molecule has 2 aromatic rings. The van der Waals surface area contributed by atoms with Gasteiger partial charge in [0.25, 0.3) is 0 Å². The molecule has 5 heteroatoms. The summed E-state index contributed by atoms with van der Waals surface area (Å²) in [5, 5.41) is 12.9. The van der Waals surface area contributed by atoms with Crippen LogP contribution in [0.2, 0.25) is 0 Å². The van der Waals surface area contributed by atoms with Gasteiger partial charge in [-0.2, -0.15) is 0 Å². The van der Waals surface area contributed by atoms with E-state index in [0.717, 1.165) is 20.9 Å². The summed E-state index contributed by atoms with van der Waals surface area (Å²) in [5.41, 5.74) is 1.01. The predicted octanol–water partition coefficient (Wildman–Crippen LogP) is 3.59. The Hall–Kier alpha value is -0.910. The van der Waals surface area contributed by atoms with Gasteiger partial charge in [-0.1, -0.05) is 15.9 Å². The Kier molecular flexibility index (Phi) is 5.36. The molecule has 0 saturated heterocycles. The van der Waals surface area contributed by atoms with Crippen LogP contribution in [0, 0.1) is 6.92 Å². The van der Waals surface area contributed by atoms with Crippen LogP contribution in [0.15, 0.2) is 34.1 Å². The molecule has 0 aliphatic heterocycles. The van der Waals surface area contributed by atoms with E-state index >= 15 is 0 Å². The first-order valence-electron chi connectivity index (χ1n) is 6.11. The molecule has 0 radical (unpaired) electrons. The molecule has 1 atom stereocenters. The smallest absolute Gasteiger partial charge is 0.119 e. The van der Waals surface area contributed by atoms with Crippen LogP contribution in [0.25, 0.3) is 0 Å². The van der Waals surface area contributed by atoms with Crippen LogP contribution < -0.4 is 4.74 Å². The Morgan fingerprint density at radius 3 is 2.74 bits per heavy atom. The molecule has 2 rings (SSSR count). The average Bonchev–Trinajstić information content (AvgIpc) is 2.77. The van der Waals surface area contributed by atoms with E-state index in [-0.39, 0.29) is 0 Å². The summed E-state index contributed by atoms with van der Waals surface area (Å²) < 4.78 is 6.60. The van der Waals surface area contributed by atoms with Gasteiger partial charge in [0, 0.05) is 28.4 Å². The van der Waals surface area contributed by atoms with Crippen molar-refractivity contribution in [3.63, 3.8) is 0 Å². The second kappa shape index (κ2) is 7.03. The Labute approximate surface area is 125 Å². The summed E-state index contributed by atoms with van der Waals surface area (Å²) in [6.45, 7) is 2.47. The SMILES string of the molecule is Cc1csc(CC(O)CCOc2ccc(Br)cc2)n1. The molecule has 102 valence electrons. The highest BCUT2D eigenvalue weighted by atomic mass is 79.9. The van der Waals surface area contributed by atoms with Crippen molar-refractivity contribution >= 4 is 27.3 Å². The normalized spacial score (nSPS) is 12.4. The fourth-order valence-corrected chi connectivity index (χ4v) is 2.75. The zero-order valence-corrected chi connectivity index (χ0v) is 13.1. The second-order valence-corrected chi connectivity index (χ2v) is 6.19. The van der Waals surface area contributed by atoms with Crippen molar-refractivity contribution in [2.45, 2.75) is 25.9 Å². The number of nitrogens with zero attached hydrogens (tertiary/aromatic N) is 1. The molecule has 0 fully saturated rings. The lowest BCUT2D eigenvalue weighted by Gasteiger charge is -2.10. The molecule has 0 aliphatic rings. The van der Waals surface area contributed by atoms with Gasteiger partial charge in [-0.3, -0.25) is 0 Å². The summed E-state index contributed by atoms with van der Waals surface area (Å²) in [7, 11) is 0. The lowest BCUT2D eigenvalue weighted by Crippen LogP contribution is -2.14. The van der Waals surface area contributed by atoms with Gasteiger partial charge < -0.3 is 9.84 Å². The molecule has 0 bridgehead atoms. The van der Waals surface area contributed by atoms with Crippen LogP contribution in [0.5, 0.6) is 5.75 Å². The molecule has 1 aromatic heterocycles. The van der Waals surface area contributed by atoms with E-state index in [1.165, 1.54) is 0 Å². The van der Waals surface area contributed by atoms with E-state index in [9.17, 15) is 5.11 Å². The summed E-state index contributed by atoms with van der Waals surface area (Å²) >= 11 is 4.97. The Bertz CT molecular complexity index is 512. The van der Waals surface area contributed by atoms with Crippen molar-refractivity contribution in [3.05, 3.63) is 44.8 Å². The molecule has 1 heterocycles. The Morgan fingerprint density at radius 2 is 2.11 bits per heavy atom. The van der Waals surface area contributed by atoms with Crippen LogP contribution >= 0.6 is 27.3 Å². The van der Waals surface area contributed by atoms with Crippen molar-refractivity contribution < 1.29 is 9.84 Å². The third-order valence-corrected chi connectivity index (χ3v) is 4.13. The van der Waals surface area contributed by atoms with Crippen molar-refractivity contribution in [1.29, 1.82) is 0 Å². The van der Waals surface area contributed by atoms with E-state index in [4.69, 9.17) is 4.74 Å². The number of ether oxygens (including phenoxy) is 1. The number of aliphatic hydroxyl groups excluding tert-OH is 1. The highest BCUT2D eigenvalue weighted by Gasteiger charge is 2.08. The molecule has 0 spiro atoms. The molecule has 1 aromatic carbocycles. The third kappa shape index (κ3) is 4.93. The zero-order chi connectivity index (χ0) is 13.7. The largest absolute Gasteiger partial charge is 0.493 e. The van der Waals surface area contributed by atoms with Crippen molar-refractivity contribution in [1.82, 2.24) is 4.98 Å². The van der Waals surface area contributed by atoms with Gasteiger partial charge in [0.15, 0.2) is 0 Å². The summed E-state index contributed by atoms with van der Waals surface area (Å²) in [6.07, 6.45) is 0.803. The molecule has 0 aliphatic carbocycles. The quantitative estimate of drug-likeness (QED) is 0.872. The maximum atomic E-state index is 9.91. The van der Waals surface area contributed by atoms with E-state index in [1.807, 2.05) is 36.6 Å². The van der Waals surface area contributed by atoms with E-state index < -0.39 is 6.10 Å². The minimum absolute atomic E-state index is 0.402. The van der Waals surface area contributed by atoms with Crippen LogP contribution in [0.4, 0.5) is 0 Å². The minimum atomic E-state index is -0.402. The van der Waals surface area contributed by atoms with Gasteiger partial charge in [-0.25, -0.2) is 4.98 Å². The van der Waals surface area contributed by atoms with Gasteiger partial charge in [-0.15, -0.1) is 11.3 Å². The molecule has 19 heavy (non-hydrogen) atoms. The van der Waals surface area contributed by atoms with E-state index in [1.54, 1.807) is 11.3 Å². The van der Waals surface area contributed by atoms with Crippen LogP contribution in [0.1, 0.15) is 17.1 Å². The number of halogens is 1. The molecule has 0 saturated carbocycles. The van der Waals surface area contributed by atoms with Crippen molar-refractivity contribution in [3.8, 4) is 5.75 Å². The summed E-state index contributed by atoms with van der Waals surface area (Å²) in [4.78, 5) is 4.34. The maximum Gasteiger partial charge on any atom is 0.119 e. The topological polar surface area (TPSA) is 42.4 Å². The molecular formula is C14H16BrNO2S. The van der Waals surface area contributed by atoms with Crippen molar-refractivity contribution in [2.24, 2.45) is 0 Å². The fourth-order valence-electron chi connectivity index (χ4n) is 1.64. The van der Waals surface area contributed by atoms with Crippen LogP contribution in [-0.2, 0) is 6.42 Å². The highest BCUT2D eigenvalue weighted by Crippen LogP contribution is 2.17. The third-order valence-electron chi connectivity index (χ3n) is 2.61. The number of aryl methyl sites for hydroxylation is 1. The minimum Gasteiger partial charge on any atom is -0.493 e. The number of rotatable bonds is 6. The number of hydrogen-bond acceptors (Lipinski definition) is 4. The first-order chi connectivity index (χ1) is 9.13. The standard InChI is InChI=1S/C14H16BrNO2S/c1-10-9-19-14(16-10)8-12(17)6-7-18-13-4-2-11(15)3-5-13/h2-5,9,12,17H,6-8H2,1H3. The van der Waals surface area contributed by atoms with E-state index in [0.29, 0.717) is 19.4 Å². The van der Waals surface area contributed by atoms with E-state index in [2.05, 4.69) is 20.9 Å². The monoisotopic (exact) mass is 341 g/mol. The lowest BCUT2D eigenvalue weighted by molar-refractivity contribution is 0.139. The Morgan fingerprint density at radius 1 is 1.37 bits per heavy atom. The van der Waals surface area contributed by atoms with Gasteiger partial charge in [0.2, 0.25) is 0 Å². The van der Waals surface area contributed by atoms with Gasteiger partial charge in [0.05, 0.1) is 17.7 Å². The lowest BCUT2D eigenvalue weighted by atomic mass is 10.2. The zero-order valence-electron chi connectivity index (χ0n) is 10.7. The highest BCUT2D eigenvalue weighted by molar-refractivity contribution is 9.10. The number of benzene rings is 1. The molecule has 1 N–H and O–H groups in total. The van der Waals surface area contributed by atoms with Crippen LogP contribution in [0.3, 0.4) is 0 Å². The molecular weight excluding hydrogens is 326 g/mol. The number of hydrogen-bond donors (Lipinski definition) is 1. The molecule has 0 amide bonds. The van der Waals surface area contributed by atoms with Gasteiger partial charge >= 0.3 is 0 Å². The summed E-state index contributed by atoms with van der Waals surface area (Å²) in [5.74, 6) is 0.820.